The Morgan fingerprint density at radius 2 is 1.41 bits per heavy atom. The van der Waals surface area contributed by atoms with Gasteiger partial charge in [0.2, 0.25) is 5.69 Å². The van der Waals surface area contributed by atoms with Crippen LogP contribution in [0.1, 0.15) is 76.5 Å². The number of carboxylic acid groups (broad SMARTS) is 1. The van der Waals surface area contributed by atoms with E-state index in [2.05, 4.69) is 5.32 Å². The summed E-state index contributed by atoms with van der Waals surface area (Å²) in [5, 5.41) is 12.6. The number of fused-ring (bicyclic) bond motifs is 2. The zero-order chi connectivity index (χ0) is 49.3. The molecule has 0 bridgehead atoms. The van der Waals surface area contributed by atoms with E-state index in [4.69, 9.17) is 4.74 Å². The molecule has 3 aliphatic rings. The van der Waals surface area contributed by atoms with Gasteiger partial charge in [-0.1, -0.05) is 26.0 Å². The number of aryl methyl sites for hydroxylation is 1. The SMILES string of the molecule is CC1(C)C(/C=C/C2=C(Nc3ccc(CCC(=O)O)cc3)C(=C/C=C3/N(CCCCS(=O)(=O)O)c4ccc(S(=O)(=O)O)cc4C3(C)C)/OC2)=[N+](CCCCS(=O)(=O)[O-])c2ccc(S(=O)(=O)O)cc21.[Na]. The third-order valence-electron chi connectivity index (χ3n) is 12.0. The van der Waals surface area contributed by atoms with E-state index in [1.54, 1.807) is 48.6 Å². The Morgan fingerprint density at radius 3 is 2.01 bits per heavy atom. The van der Waals surface area contributed by atoms with Crippen molar-refractivity contribution in [1.82, 2.24) is 0 Å². The number of rotatable bonds is 20. The van der Waals surface area contributed by atoms with E-state index in [-0.39, 0.29) is 78.3 Å². The number of ether oxygens (including phenoxy) is 1. The number of carbonyl (C=O) groups is 1. The fourth-order valence-electron chi connectivity index (χ4n) is 8.56. The molecule has 68 heavy (non-hydrogen) atoms. The maximum absolute atomic E-state index is 12.2. The number of carboxylic acids is 1. The minimum atomic E-state index is -4.57. The summed E-state index contributed by atoms with van der Waals surface area (Å²) in [7, 11) is -17.8. The summed E-state index contributed by atoms with van der Waals surface area (Å²) in [6.45, 7) is 8.09. The Kier molecular flexibility index (Phi) is 16.9. The van der Waals surface area contributed by atoms with Gasteiger partial charge in [-0.2, -0.15) is 29.8 Å². The zero-order valence-corrected chi connectivity index (χ0v) is 43.4. The second-order valence-electron chi connectivity index (χ2n) is 17.5. The third-order valence-corrected chi connectivity index (χ3v) is 15.3. The fraction of sp³-hybridized carbons (Fsp3) is 0.378. The summed E-state index contributed by atoms with van der Waals surface area (Å²) in [4.78, 5) is 12.5. The minimum Gasteiger partial charge on any atom is -0.748 e. The summed E-state index contributed by atoms with van der Waals surface area (Å²) >= 11 is 0. The van der Waals surface area contributed by atoms with Crippen LogP contribution < -0.4 is 10.2 Å². The summed E-state index contributed by atoms with van der Waals surface area (Å²) in [6, 6.07) is 15.7. The zero-order valence-electron chi connectivity index (χ0n) is 38.2. The molecule has 0 atom stereocenters. The molecular weight excluding hydrogens is 974 g/mol. The van der Waals surface area contributed by atoms with Gasteiger partial charge in [-0.3, -0.25) is 18.5 Å². The maximum atomic E-state index is 12.2. The first-order valence-corrected chi connectivity index (χ1v) is 27.2. The van der Waals surface area contributed by atoms with Gasteiger partial charge in [-0.05, 0) is 111 Å². The molecule has 3 aromatic rings. The molecule has 5 N–H and O–H groups in total. The summed E-state index contributed by atoms with van der Waals surface area (Å²) in [6.07, 6.45) is 8.30. The van der Waals surface area contributed by atoms with Crippen LogP contribution in [0.3, 0.4) is 0 Å². The molecule has 0 fully saturated rings. The van der Waals surface area contributed by atoms with Crippen LogP contribution in [0.25, 0.3) is 0 Å². The van der Waals surface area contributed by atoms with Crippen molar-refractivity contribution in [3.8, 4) is 0 Å². The average molecular weight is 1030 g/mol. The Bertz CT molecular complexity index is 3090. The monoisotopic (exact) mass is 1030 g/mol. The quantitative estimate of drug-likeness (QED) is 0.0392. The molecule has 18 nitrogen and oxygen atoms in total. The van der Waals surface area contributed by atoms with Gasteiger partial charge in [-0.15, -0.1) is 0 Å². The number of unbranched alkanes of at least 4 members (excludes halogenated alkanes) is 2. The van der Waals surface area contributed by atoms with Crippen molar-refractivity contribution in [3.05, 3.63) is 124 Å². The van der Waals surface area contributed by atoms with Gasteiger partial charge in [0.15, 0.2) is 5.71 Å². The minimum absolute atomic E-state index is 0. The Labute approximate surface area is 419 Å². The second-order valence-corrected chi connectivity index (χ2v) is 23.5. The molecule has 23 heteroatoms. The number of anilines is 2. The predicted octanol–water partition coefficient (Wildman–Crippen LogP) is 5.70. The van der Waals surface area contributed by atoms with Crippen LogP contribution in [0.15, 0.2) is 117 Å². The molecule has 3 heterocycles. The number of aliphatic carboxylic acids is 1. The number of hydrogen-bond donors (Lipinski definition) is 5. The number of hydrogen-bond acceptors (Lipinski definition) is 13. The number of nitrogens with zero attached hydrogens (tertiary/aromatic N) is 2. The standard InChI is InChI=1S/C45H53N3O15S4.Na/c1-44(2)35-27-33(66(57,58)59)15-17-37(35)47(23-5-7-25-64(51,52)53)40(44)20-12-31-29-63-39(43(31)46-32-13-9-30(10-14-32)11-22-42(49)50)19-21-41-45(3,4)36-28-34(67(60,61)62)16-18-38(36)48(41)24-6-8-26-65(54,55)56;/h9-10,12-21,27-28H,5-8,11,22-26,29H2,1-4H3,(H5,49,50,51,52,53,54,55,56,57,58,59,60,61,62);/b39-19-,41-21+;. The molecule has 3 aliphatic heterocycles. The van der Waals surface area contributed by atoms with E-state index < -0.39 is 68.8 Å². The Hall–Kier alpha value is -4.20. The van der Waals surface area contributed by atoms with E-state index in [1.165, 1.54) is 24.3 Å². The van der Waals surface area contributed by atoms with E-state index >= 15 is 0 Å². The first kappa shape index (κ1) is 54.7. The molecule has 0 aromatic heterocycles. The van der Waals surface area contributed by atoms with Crippen molar-refractivity contribution in [2.24, 2.45) is 0 Å². The molecule has 0 amide bonds. The number of allylic oxidation sites excluding steroid dienone is 4. The van der Waals surface area contributed by atoms with Crippen molar-refractivity contribution < 1.29 is 71.1 Å². The first-order chi connectivity index (χ1) is 31.1. The van der Waals surface area contributed by atoms with Gasteiger partial charge in [0.1, 0.15) is 18.9 Å². The van der Waals surface area contributed by atoms with Crippen molar-refractivity contribution in [2.75, 3.05) is 41.4 Å². The Morgan fingerprint density at radius 1 is 0.794 bits per heavy atom. The molecule has 363 valence electrons. The van der Waals surface area contributed by atoms with Crippen LogP contribution in [0.5, 0.6) is 0 Å². The van der Waals surface area contributed by atoms with Gasteiger partial charge in [0.05, 0.1) is 36.8 Å². The molecule has 0 aliphatic carbocycles. The van der Waals surface area contributed by atoms with Crippen molar-refractivity contribution >= 4 is 98.8 Å². The maximum Gasteiger partial charge on any atom is 0.303 e. The topological polar surface area (TPSA) is 285 Å². The third kappa shape index (κ3) is 13.2. The van der Waals surface area contributed by atoms with Gasteiger partial charge >= 0.3 is 5.97 Å². The normalized spacial score (nSPS) is 18.0. The van der Waals surface area contributed by atoms with Crippen LogP contribution in [-0.4, -0.2) is 134 Å². The molecule has 6 rings (SSSR count). The fourth-order valence-corrected chi connectivity index (χ4v) is 10.7. The van der Waals surface area contributed by atoms with Gasteiger partial charge in [-0.25, -0.2) is 8.42 Å². The van der Waals surface area contributed by atoms with Crippen LogP contribution in [0, 0.1) is 0 Å². The molecule has 0 spiro atoms. The number of nitrogens with one attached hydrogen (secondary N) is 1. The molecule has 3 aromatic carbocycles. The van der Waals surface area contributed by atoms with Crippen LogP contribution in [0.2, 0.25) is 0 Å². The Balaban J connectivity index is 0.00000864. The number of benzene rings is 3. The van der Waals surface area contributed by atoms with Crippen molar-refractivity contribution in [1.29, 1.82) is 0 Å². The first-order valence-electron chi connectivity index (χ1n) is 21.2. The van der Waals surface area contributed by atoms with Crippen molar-refractivity contribution in [2.45, 2.75) is 86.8 Å². The smallest absolute Gasteiger partial charge is 0.303 e. The van der Waals surface area contributed by atoms with Gasteiger partial charge < -0.3 is 24.6 Å². The van der Waals surface area contributed by atoms with Gasteiger partial charge in [0.25, 0.3) is 30.4 Å². The van der Waals surface area contributed by atoms with Crippen molar-refractivity contribution in [3.63, 3.8) is 0 Å². The van der Waals surface area contributed by atoms with Crippen LogP contribution in [0.4, 0.5) is 17.1 Å². The molecule has 1 radical (unpaired) electrons. The molecule has 0 unspecified atom stereocenters. The van der Waals surface area contributed by atoms with Gasteiger partial charge in [0, 0.05) is 100 Å². The van der Waals surface area contributed by atoms with E-state index in [1.807, 2.05) is 49.3 Å². The van der Waals surface area contributed by atoms with E-state index in [0.717, 1.165) is 5.56 Å². The summed E-state index contributed by atoms with van der Waals surface area (Å²) < 4.78 is 143. The largest absolute Gasteiger partial charge is 0.748 e. The van der Waals surface area contributed by atoms with Crippen LogP contribution in [-0.2, 0) is 67.3 Å². The molecule has 0 saturated heterocycles. The molecular formula is C45H53N3NaO15S4. The van der Waals surface area contributed by atoms with E-state index in [0.29, 0.717) is 75.9 Å². The van der Waals surface area contributed by atoms with E-state index in [9.17, 15) is 61.8 Å². The summed E-state index contributed by atoms with van der Waals surface area (Å²) in [5.74, 6) is -1.56. The molecule has 0 saturated carbocycles. The van der Waals surface area contributed by atoms with Crippen LogP contribution >= 0.6 is 0 Å². The average Bonchev–Trinajstić information content (AvgIpc) is 3.77. The summed E-state index contributed by atoms with van der Waals surface area (Å²) in [5.41, 5.74) is 4.66. The second kappa shape index (κ2) is 21.0. The predicted molar refractivity (Wildman–Crippen MR) is 255 cm³/mol.